The Labute approximate surface area is 89.5 Å². The predicted molar refractivity (Wildman–Crippen MR) is 63.1 cm³/mol. The van der Waals surface area contributed by atoms with Gasteiger partial charge in [0.25, 0.3) is 0 Å². The van der Waals surface area contributed by atoms with E-state index in [4.69, 9.17) is 5.73 Å². The van der Waals surface area contributed by atoms with E-state index in [0.717, 1.165) is 30.2 Å². The molecule has 0 spiro atoms. The van der Waals surface area contributed by atoms with Crippen LogP contribution in [0.1, 0.15) is 52.9 Å². The highest BCUT2D eigenvalue weighted by molar-refractivity contribution is 4.82. The third-order valence-corrected chi connectivity index (χ3v) is 4.09. The minimum atomic E-state index is 0.813. The molecule has 4 unspecified atom stereocenters. The van der Waals surface area contributed by atoms with Gasteiger partial charge in [-0.05, 0) is 43.1 Å². The van der Waals surface area contributed by atoms with Crippen LogP contribution in [0, 0.1) is 23.7 Å². The van der Waals surface area contributed by atoms with Gasteiger partial charge >= 0.3 is 0 Å². The number of rotatable bonds is 4. The summed E-state index contributed by atoms with van der Waals surface area (Å²) in [6.45, 7) is 8.03. The zero-order valence-corrected chi connectivity index (χ0v) is 10.1. The molecule has 0 aromatic heterocycles. The van der Waals surface area contributed by atoms with Crippen LogP contribution in [0.4, 0.5) is 0 Å². The maximum Gasteiger partial charge on any atom is -0.00461 e. The van der Waals surface area contributed by atoms with E-state index in [-0.39, 0.29) is 0 Å². The standard InChI is InChI=1S/C13H27N/c1-4-5-11(3)13-8-10(2)6-7-12(13)9-14/h10-13H,4-9,14H2,1-3H3. The average molecular weight is 197 g/mol. The molecular formula is C13H27N. The van der Waals surface area contributed by atoms with Crippen LogP contribution in [0.25, 0.3) is 0 Å². The van der Waals surface area contributed by atoms with Gasteiger partial charge in [-0.15, -0.1) is 0 Å². The lowest BCUT2D eigenvalue weighted by Crippen LogP contribution is -2.33. The third-order valence-electron chi connectivity index (χ3n) is 4.09. The van der Waals surface area contributed by atoms with Crippen molar-refractivity contribution in [1.82, 2.24) is 0 Å². The predicted octanol–water partition coefficient (Wildman–Crippen LogP) is 3.43. The van der Waals surface area contributed by atoms with E-state index < -0.39 is 0 Å². The van der Waals surface area contributed by atoms with Crippen molar-refractivity contribution < 1.29 is 0 Å². The van der Waals surface area contributed by atoms with Crippen molar-refractivity contribution in [3.63, 3.8) is 0 Å². The van der Waals surface area contributed by atoms with E-state index in [1.54, 1.807) is 0 Å². The first-order chi connectivity index (χ1) is 6.69. The minimum absolute atomic E-state index is 0.813. The summed E-state index contributed by atoms with van der Waals surface area (Å²) in [6, 6.07) is 0. The fourth-order valence-corrected chi connectivity index (χ4v) is 3.15. The zero-order valence-electron chi connectivity index (χ0n) is 10.1. The number of hydrogen-bond donors (Lipinski definition) is 1. The van der Waals surface area contributed by atoms with Gasteiger partial charge in [-0.3, -0.25) is 0 Å². The summed E-state index contributed by atoms with van der Waals surface area (Å²) >= 11 is 0. The first kappa shape index (κ1) is 12.0. The molecular weight excluding hydrogens is 170 g/mol. The molecule has 0 aromatic rings. The van der Waals surface area contributed by atoms with E-state index >= 15 is 0 Å². The molecule has 1 heteroatoms. The Bertz CT molecular complexity index is 155. The van der Waals surface area contributed by atoms with E-state index in [1.165, 1.54) is 32.1 Å². The summed E-state index contributed by atoms with van der Waals surface area (Å²) in [4.78, 5) is 0. The lowest BCUT2D eigenvalue weighted by atomic mass is 9.68. The van der Waals surface area contributed by atoms with Crippen molar-refractivity contribution in [2.45, 2.75) is 52.9 Å². The highest BCUT2D eigenvalue weighted by Crippen LogP contribution is 2.38. The highest BCUT2D eigenvalue weighted by atomic mass is 14.6. The SMILES string of the molecule is CCCC(C)C1CC(C)CCC1CN. The monoisotopic (exact) mass is 197 g/mol. The molecule has 1 nitrogen and oxygen atoms in total. The Morgan fingerprint density at radius 3 is 2.64 bits per heavy atom. The van der Waals surface area contributed by atoms with Crippen LogP contribution < -0.4 is 5.73 Å². The highest BCUT2D eigenvalue weighted by Gasteiger charge is 2.30. The van der Waals surface area contributed by atoms with E-state index in [1.807, 2.05) is 0 Å². The van der Waals surface area contributed by atoms with Crippen molar-refractivity contribution >= 4 is 0 Å². The molecule has 84 valence electrons. The van der Waals surface area contributed by atoms with Gasteiger partial charge in [0.05, 0.1) is 0 Å². The largest absolute Gasteiger partial charge is 0.330 e. The van der Waals surface area contributed by atoms with Crippen molar-refractivity contribution in [2.75, 3.05) is 6.54 Å². The molecule has 14 heavy (non-hydrogen) atoms. The quantitative estimate of drug-likeness (QED) is 0.734. The second kappa shape index (κ2) is 5.75. The topological polar surface area (TPSA) is 26.0 Å². The molecule has 0 radical (unpaired) electrons. The van der Waals surface area contributed by atoms with E-state index in [2.05, 4.69) is 20.8 Å². The molecule has 1 aliphatic rings. The van der Waals surface area contributed by atoms with Crippen LogP contribution >= 0.6 is 0 Å². The Morgan fingerprint density at radius 1 is 1.36 bits per heavy atom. The normalized spacial score (nSPS) is 35.6. The maximum atomic E-state index is 5.87. The van der Waals surface area contributed by atoms with Crippen LogP contribution in [0.3, 0.4) is 0 Å². The second-order valence-electron chi connectivity index (χ2n) is 5.34. The molecule has 1 rings (SSSR count). The summed E-state index contributed by atoms with van der Waals surface area (Å²) in [5.41, 5.74) is 5.87. The molecule has 0 aliphatic heterocycles. The van der Waals surface area contributed by atoms with Crippen LogP contribution in [0.5, 0.6) is 0 Å². The lowest BCUT2D eigenvalue weighted by Gasteiger charge is -2.38. The molecule has 1 fully saturated rings. The molecule has 1 aliphatic carbocycles. The fourth-order valence-electron chi connectivity index (χ4n) is 3.15. The Kier molecular flexibility index (Phi) is 4.94. The van der Waals surface area contributed by atoms with E-state index in [9.17, 15) is 0 Å². The summed E-state index contributed by atoms with van der Waals surface area (Å²) in [7, 11) is 0. The van der Waals surface area contributed by atoms with Crippen LogP contribution in [-0.2, 0) is 0 Å². The maximum absolute atomic E-state index is 5.87. The van der Waals surface area contributed by atoms with Crippen molar-refractivity contribution in [1.29, 1.82) is 0 Å². The molecule has 1 saturated carbocycles. The van der Waals surface area contributed by atoms with Crippen LogP contribution in [-0.4, -0.2) is 6.54 Å². The smallest absolute Gasteiger partial charge is 0.00461 e. The molecule has 0 aromatic carbocycles. The third kappa shape index (κ3) is 2.98. The summed E-state index contributed by atoms with van der Waals surface area (Å²) in [5, 5.41) is 0. The van der Waals surface area contributed by atoms with Crippen LogP contribution in [0.15, 0.2) is 0 Å². The second-order valence-corrected chi connectivity index (χ2v) is 5.34. The van der Waals surface area contributed by atoms with Gasteiger partial charge in [-0.1, -0.05) is 40.0 Å². The number of nitrogens with two attached hydrogens (primary N) is 1. The van der Waals surface area contributed by atoms with Gasteiger partial charge < -0.3 is 5.73 Å². The lowest BCUT2D eigenvalue weighted by molar-refractivity contribution is 0.134. The fraction of sp³-hybridized carbons (Fsp3) is 1.00. The van der Waals surface area contributed by atoms with Crippen molar-refractivity contribution in [3.05, 3.63) is 0 Å². The summed E-state index contributed by atoms with van der Waals surface area (Å²) < 4.78 is 0. The van der Waals surface area contributed by atoms with Gasteiger partial charge in [0, 0.05) is 0 Å². The van der Waals surface area contributed by atoms with E-state index in [0.29, 0.717) is 0 Å². The van der Waals surface area contributed by atoms with Gasteiger partial charge in [-0.25, -0.2) is 0 Å². The van der Waals surface area contributed by atoms with Gasteiger partial charge in [-0.2, -0.15) is 0 Å². The molecule has 0 amide bonds. The van der Waals surface area contributed by atoms with Gasteiger partial charge in [0.15, 0.2) is 0 Å². The first-order valence-electron chi connectivity index (χ1n) is 6.39. The average Bonchev–Trinajstić information content (AvgIpc) is 2.18. The van der Waals surface area contributed by atoms with Crippen LogP contribution in [0.2, 0.25) is 0 Å². The Morgan fingerprint density at radius 2 is 2.07 bits per heavy atom. The Balaban J connectivity index is 2.51. The summed E-state index contributed by atoms with van der Waals surface area (Å²) in [6.07, 6.45) is 6.90. The first-order valence-corrected chi connectivity index (χ1v) is 6.39. The molecule has 0 heterocycles. The molecule has 2 N–H and O–H groups in total. The molecule has 0 bridgehead atoms. The number of hydrogen-bond acceptors (Lipinski definition) is 1. The summed E-state index contributed by atoms with van der Waals surface area (Å²) in [5.74, 6) is 3.54. The van der Waals surface area contributed by atoms with Gasteiger partial charge in [0.1, 0.15) is 0 Å². The Hall–Kier alpha value is -0.0400. The van der Waals surface area contributed by atoms with Gasteiger partial charge in [0.2, 0.25) is 0 Å². The minimum Gasteiger partial charge on any atom is -0.330 e. The molecule has 4 atom stereocenters. The van der Waals surface area contributed by atoms with Crippen molar-refractivity contribution in [3.8, 4) is 0 Å². The molecule has 0 saturated heterocycles. The zero-order chi connectivity index (χ0) is 10.6. The van der Waals surface area contributed by atoms with Crippen molar-refractivity contribution in [2.24, 2.45) is 29.4 Å².